The zero-order valence-electron chi connectivity index (χ0n) is 15.6. The van der Waals surface area contributed by atoms with Crippen LogP contribution in [0.2, 0.25) is 0 Å². The van der Waals surface area contributed by atoms with Gasteiger partial charge in [0.2, 0.25) is 0 Å². The first kappa shape index (κ1) is 20.3. The van der Waals surface area contributed by atoms with E-state index in [1.54, 1.807) is 0 Å². The molecule has 0 bridgehead atoms. The Balaban J connectivity index is 1.53. The third kappa shape index (κ3) is 4.68. The summed E-state index contributed by atoms with van der Waals surface area (Å²) in [6.07, 6.45) is 2.89. The normalized spacial score (nSPS) is 25.4. The molecule has 3 atom stereocenters. The molecule has 2 aliphatic rings. The maximum absolute atomic E-state index is 11.9. The zero-order valence-corrected chi connectivity index (χ0v) is 15.6. The molecular weight excluding hydrogens is 372 g/mol. The lowest BCUT2D eigenvalue weighted by Gasteiger charge is -2.21. The Labute approximate surface area is 160 Å². The van der Waals surface area contributed by atoms with Gasteiger partial charge < -0.3 is 19.3 Å². The van der Waals surface area contributed by atoms with Crippen molar-refractivity contribution in [1.29, 1.82) is 0 Å². The molecule has 1 aliphatic carbocycles. The second-order valence-electron chi connectivity index (χ2n) is 7.17. The van der Waals surface area contributed by atoms with Crippen LogP contribution in [0.15, 0.2) is 15.8 Å². The van der Waals surface area contributed by atoms with Crippen LogP contribution in [-0.4, -0.2) is 51.5 Å². The van der Waals surface area contributed by atoms with Gasteiger partial charge in [0.25, 0.3) is 5.56 Å². The number of aliphatic hydroxyl groups excluding tert-OH is 1. The van der Waals surface area contributed by atoms with E-state index >= 15 is 0 Å². The second-order valence-corrected chi connectivity index (χ2v) is 7.17. The van der Waals surface area contributed by atoms with Gasteiger partial charge >= 0.3 is 17.6 Å². The largest absolute Gasteiger partial charge is 0.454 e. The summed E-state index contributed by atoms with van der Waals surface area (Å²) >= 11 is 0. The molecule has 2 N–H and O–H groups in total. The van der Waals surface area contributed by atoms with E-state index in [1.807, 2.05) is 0 Å². The van der Waals surface area contributed by atoms with E-state index in [-0.39, 0.29) is 19.1 Å². The van der Waals surface area contributed by atoms with Gasteiger partial charge in [0.1, 0.15) is 25.0 Å². The van der Waals surface area contributed by atoms with Gasteiger partial charge in [-0.15, -0.1) is 0 Å². The molecule has 10 heteroatoms. The summed E-state index contributed by atoms with van der Waals surface area (Å²) in [4.78, 5) is 49.2. The summed E-state index contributed by atoms with van der Waals surface area (Å²) in [5, 5.41) is 10.1. The molecule has 2 heterocycles. The number of aromatic nitrogens is 2. The van der Waals surface area contributed by atoms with Crippen molar-refractivity contribution in [3.63, 3.8) is 0 Å². The predicted octanol–water partition coefficient (Wildman–Crippen LogP) is -0.0875. The first-order chi connectivity index (χ1) is 13.3. The van der Waals surface area contributed by atoms with Gasteiger partial charge in [-0.25, -0.2) is 14.4 Å². The van der Waals surface area contributed by atoms with E-state index in [1.165, 1.54) is 17.7 Å². The first-order valence-corrected chi connectivity index (χ1v) is 9.38. The summed E-state index contributed by atoms with van der Waals surface area (Å²) in [6.45, 7) is 1.19. The molecule has 1 aromatic rings. The van der Waals surface area contributed by atoms with Gasteiger partial charge in [0.05, 0.1) is 6.10 Å². The highest BCUT2D eigenvalue weighted by atomic mass is 16.6. The van der Waals surface area contributed by atoms with Crippen molar-refractivity contribution in [2.24, 2.45) is 0 Å². The third-order valence-electron chi connectivity index (χ3n) is 5.03. The fourth-order valence-electron chi connectivity index (χ4n) is 3.44. The quantitative estimate of drug-likeness (QED) is 0.532. The molecule has 0 radical (unpaired) electrons. The average molecular weight is 396 g/mol. The van der Waals surface area contributed by atoms with Crippen molar-refractivity contribution in [1.82, 2.24) is 9.55 Å². The number of aliphatic hydroxyl groups is 1. The lowest BCUT2D eigenvalue weighted by atomic mass is 9.98. The maximum Gasteiger partial charge on any atom is 0.417 e. The summed E-state index contributed by atoms with van der Waals surface area (Å²) in [7, 11) is 0. The Morgan fingerprint density at radius 3 is 2.68 bits per heavy atom. The summed E-state index contributed by atoms with van der Waals surface area (Å²) in [5.41, 5.74) is -0.846. The minimum absolute atomic E-state index is 0.0696. The molecule has 0 aromatic carbocycles. The number of nitrogens with one attached hydrogen (secondary N) is 1. The lowest BCUT2D eigenvalue weighted by Crippen LogP contribution is -2.34. The lowest BCUT2D eigenvalue weighted by molar-refractivity contribution is -0.174. The Morgan fingerprint density at radius 1 is 1.25 bits per heavy atom. The summed E-state index contributed by atoms with van der Waals surface area (Å²) in [6, 6.07) is 0. The molecule has 1 aliphatic heterocycles. The fourth-order valence-corrected chi connectivity index (χ4v) is 3.44. The summed E-state index contributed by atoms with van der Waals surface area (Å²) < 4.78 is 16.8. The molecule has 0 unspecified atom stereocenters. The Bertz CT molecular complexity index is 839. The van der Waals surface area contributed by atoms with Crippen LogP contribution in [0.5, 0.6) is 0 Å². The number of hydrogen-bond donors (Lipinski definition) is 2. The number of carbonyl (C=O) groups excluding carboxylic acids is 2. The van der Waals surface area contributed by atoms with Crippen LogP contribution in [0.4, 0.5) is 0 Å². The Hall–Kier alpha value is -2.46. The van der Waals surface area contributed by atoms with E-state index < -0.39 is 41.6 Å². The highest BCUT2D eigenvalue weighted by Gasteiger charge is 2.37. The topological polar surface area (TPSA) is 137 Å². The van der Waals surface area contributed by atoms with Crippen molar-refractivity contribution < 1.29 is 28.9 Å². The van der Waals surface area contributed by atoms with Gasteiger partial charge in [-0.2, -0.15) is 0 Å². The van der Waals surface area contributed by atoms with Crippen LogP contribution >= 0.6 is 0 Å². The molecule has 154 valence electrons. The zero-order chi connectivity index (χ0) is 20.3. The molecule has 3 rings (SSSR count). The number of aromatic amines is 1. The summed E-state index contributed by atoms with van der Waals surface area (Å²) in [5.74, 6) is -2.19. The minimum Gasteiger partial charge on any atom is -0.454 e. The molecule has 28 heavy (non-hydrogen) atoms. The number of ether oxygens (including phenoxy) is 3. The van der Waals surface area contributed by atoms with Crippen molar-refractivity contribution in [3.8, 4) is 0 Å². The third-order valence-corrected chi connectivity index (χ3v) is 5.03. The van der Waals surface area contributed by atoms with E-state index in [0.717, 1.165) is 32.1 Å². The monoisotopic (exact) mass is 396 g/mol. The predicted molar refractivity (Wildman–Crippen MR) is 94.5 cm³/mol. The van der Waals surface area contributed by atoms with E-state index in [4.69, 9.17) is 14.2 Å². The van der Waals surface area contributed by atoms with Gasteiger partial charge in [-0.1, -0.05) is 6.42 Å². The second kappa shape index (κ2) is 8.70. The van der Waals surface area contributed by atoms with Gasteiger partial charge in [-0.3, -0.25) is 14.3 Å². The van der Waals surface area contributed by atoms with Crippen LogP contribution in [0.1, 0.15) is 50.3 Å². The van der Waals surface area contributed by atoms with E-state index in [9.17, 15) is 24.3 Å². The number of H-pyrrole nitrogens is 1. The van der Waals surface area contributed by atoms with Crippen molar-refractivity contribution >= 4 is 11.9 Å². The van der Waals surface area contributed by atoms with Crippen molar-refractivity contribution in [3.05, 3.63) is 32.6 Å². The average Bonchev–Trinajstić information content (AvgIpc) is 3.04. The molecule has 1 saturated heterocycles. The smallest absolute Gasteiger partial charge is 0.417 e. The fraction of sp³-hybridized carbons (Fsp3) is 0.667. The van der Waals surface area contributed by atoms with Gasteiger partial charge in [0, 0.05) is 18.2 Å². The molecule has 10 nitrogen and oxygen atoms in total. The van der Waals surface area contributed by atoms with Crippen LogP contribution in [-0.2, 0) is 23.8 Å². The Morgan fingerprint density at radius 2 is 1.96 bits per heavy atom. The molecular formula is C18H24N2O8. The van der Waals surface area contributed by atoms with Crippen LogP contribution in [0.25, 0.3) is 0 Å². The van der Waals surface area contributed by atoms with Crippen molar-refractivity contribution in [2.45, 2.75) is 70.0 Å². The number of esters is 2. The number of carbonyl (C=O) groups is 2. The molecule has 1 saturated carbocycles. The van der Waals surface area contributed by atoms with Crippen LogP contribution < -0.4 is 11.2 Å². The number of nitrogens with zero attached hydrogens (tertiary/aromatic N) is 1. The first-order valence-electron chi connectivity index (χ1n) is 9.38. The molecule has 0 spiro atoms. The number of rotatable bonds is 4. The minimum atomic E-state index is -1.14. The Kier molecular flexibility index (Phi) is 6.30. The van der Waals surface area contributed by atoms with E-state index in [2.05, 4.69) is 4.98 Å². The van der Waals surface area contributed by atoms with Crippen molar-refractivity contribution in [2.75, 3.05) is 6.61 Å². The molecule has 1 aromatic heterocycles. The van der Waals surface area contributed by atoms with Crippen LogP contribution in [0, 0.1) is 6.92 Å². The molecule has 0 amide bonds. The number of hydrogen-bond acceptors (Lipinski definition) is 8. The molecule has 2 fully saturated rings. The standard InChI is InChI=1S/C18H24N2O8/c1-10-8-20(18(25)19-15(10)22)14-7-12(21)13(28-14)9-26-16(23)17(24)27-11-5-3-2-4-6-11/h8,11-14,21H,2-7,9H2,1H3,(H,19,22,25)/t12-,13+,14+/m0/s1. The van der Waals surface area contributed by atoms with Crippen LogP contribution in [0.3, 0.4) is 0 Å². The maximum atomic E-state index is 11.9. The van der Waals surface area contributed by atoms with Gasteiger partial charge in [-0.05, 0) is 32.6 Å². The SMILES string of the molecule is Cc1cn([C@H]2C[C@H](O)[C@@H](COC(=O)C(=O)OC3CCCCC3)O2)c(=O)[nH]c1=O. The highest BCUT2D eigenvalue weighted by molar-refractivity contribution is 6.29. The van der Waals surface area contributed by atoms with E-state index in [0.29, 0.717) is 5.56 Å². The highest BCUT2D eigenvalue weighted by Crippen LogP contribution is 2.28. The number of aryl methyl sites for hydroxylation is 1. The van der Waals surface area contributed by atoms with Gasteiger partial charge in [0.15, 0.2) is 0 Å².